The molecule has 0 unspecified atom stereocenters. The lowest BCUT2D eigenvalue weighted by atomic mass is 10.3. The fourth-order valence-electron chi connectivity index (χ4n) is 0.850. The molecule has 0 aromatic heterocycles. The molecule has 0 spiro atoms. The van der Waals surface area contributed by atoms with E-state index in [1.807, 2.05) is 25.1 Å². The van der Waals surface area contributed by atoms with E-state index >= 15 is 0 Å². The Morgan fingerprint density at radius 3 is 2.79 bits per heavy atom. The van der Waals surface area contributed by atoms with E-state index in [-0.39, 0.29) is 6.03 Å². The van der Waals surface area contributed by atoms with Gasteiger partial charge in [-0.05, 0) is 18.6 Å². The number of hydrogen-bond donors (Lipinski definition) is 2. The number of para-hydroxylation sites is 1. The predicted octanol–water partition coefficient (Wildman–Crippen LogP) is 2.08. The van der Waals surface area contributed by atoms with Crippen LogP contribution < -0.4 is 10.7 Å². The summed E-state index contributed by atoms with van der Waals surface area (Å²) in [7, 11) is 0. The number of rotatable bonds is 3. The summed E-state index contributed by atoms with van der Waals surface area (Å²) >= 11 is 0. The Kier molecular flexibility index (Phi) is 4.20. The molecule has 0 saturated carbocycles. The van der Waals surface area contributed by atoms with Crippen LogP contribution in [0.2, 0.25) is 0 Å². The summed E-state index contributed by atoms with van der Waals surface area (Å²) in [5.74, 6) is 0. The van der Waals surface area contributed by atoms with Crippen LogP contribution in [0.5, 0.6) is 0 Å². The third kappa shape index (κ3) is 3.71. The van der Waals surface area contributed by atoms with E-state index in [0.29, 0.717) is 6.42 Å². The molecule has 1 radical (unpaired) electrons. The highest BCUT2D eigenvalue weighted by atomic mass is 16.2. The van der Waals surface area contributed by atoms with Crippen LogP contribution >= 0.6 is 0 Å². The first-order valence-electron chi connectivity index (χ1n) is 4.37. The number of hydrazone groups is 1. The predicted molar refractivity (Wildman–Crippen MR) is 56.3 cm³/mol. The Morgan fingerprint density at radius 2 is 2.14 bits per heavy atom. The van der Waals surface area contributed by atoms with Gasteiger partial charge in [0, 0.05) is 5.69 Å². The second kappa shape index (κ2) is 5.75. The molecule has 2 N–H and O–H groups in total. The lowest BCUT2D eigenvalue weighted by molar-refractivity contribution is 0.252. The molecule has 1 aromatic carbocycles. The topological polar surface area (TPSA) is 53.5 Å². The molecular weight excluding hydrogens is 178 g/mol. The smallest absolute Gasteiger partial charge is 0.307 e. The van der Waals surface area contributed by atoms with Crippen molar-refractivity contribution in [3.05, 3.63) is 30.3 Å². The van der Waals surface area contributed by atoms with E-state index in [0.717, 1.165) is 5.69 Å². The highest BCUT2D eigenvalue weighted by Gasteiger charge is 1.97. The molecule has 0 fully saturated rings. The lowest BCUT2D eigenvalue weighted by Crippen LogP contribution is -2.23. The van der Waals surface area contributed by atoms with Crippen LogP contribution in [-0.4, -0.2) is 12.2 Å². The molecule has 0 heterocycles. The van der Waals surface area contributed by atoms with Crippen LogP contribution in [0.15, 0.2) is 35.4 Å². The maximum Gasteiger partial charge on any atom is 0.339 e. The number of benzene rings is 1. The Balaban J connectivity index is 2.38. The first-order valence-corrected chi connectivity index (χ1v) is 4.37. The minimum Gasteiger partial charge on any atom is -0.307 e. The molecule has 1 aromatic rings. The van der Waals surface area contributed by atoms with E-state index in [1.165, 1.54) is 0 Å². The average Bonchev–Trinajstić information content (AvgIpc) is 2.20. The van der Waals surface area contributed by atoms with E-state index in [9.17, 15) is 4.79 Å². The maximum atomic E-state index is 11.1. The van der Waals surface area contributed by atoms with E-state index < -0.39 is 0 Å². The minimum atomic E-state index is -0.364. The van der Waals surface area contributed by atoms with Crippen molar-refractivity contribution in [3.8, 4) is 0 Å². The first-order chi connectivity index (χ1) is 6.83. The molecule has 2 amide bonds. The zero-order chi connectivity index (χ0) is 10.2. The van der Waals surface area contributed by atoms with Gasteiger partial charge in [0.15, 0.2) is 0 Å². The summed E-state index contributed by atoms with van der Waals surface area (Å²) in [4.78, 5) is 11.1. The molecule has 0 aliphatic rings. The van der Waals surface area contributed by atoms with E-state index in [4.69, 9.17) is 0 Å². The third-order valence-electron chi connectivity index (χ3n) is 1.43. The molecule has 14 heavy (non-hydrogen) atoms. The zero-order valence-electron chi connectivity index (χ0n) is 7.95. The van der Waals surface area contributed by atoms with Gasteiger partial charge in [-0.2, -0.15) is 5.10 Å². The van der Waals surface area contributed by atoms with Crippen LogP contribution in [0.3, 0.4) is 0 Å². The molecule has 0 aliphatic carbocycles. The van der Waals surface area contributed by atoms with Crippen molar-refractivity contribution in [1.82, 2.24) is 5.43 Å². The molecule has 4 heteroatoms. The Bertz CT molecular complexity index is 308. The highest BCUT2D eigenvalue weighted by molar-refractivity contribution is 5.89. The minimum absolute atomic E-state index is 0.364. The molecular formula is C10H12N3O. The van der Waals surface area contributed by atoms with Gasteiger partial charge in [-0.15, -0.1) is 0 Å². The van der Waals surface area contributed by atoms with Crippen molar-refractivity contribution in [2.24, 2.45) is 5.10 Å². The molecule has 0 atom stereocenters. The van der Waals surface area contributed by atoms with E-state index in [1.54, 1.807) is 12.1 Å². The lowest BCUT2D eigenvalue weighted by Gasteiger charge is -2.02. The zero-order valence-corrected chi connectivity index (χ0v) is 7.95. The number of amides is 2. The fraction of sp³-hybridized carbons (Fsp3) is 0.200. The van der Waals surface area contributed by atoms with Crippen LogP contribution in [0.1, 0.15) is 13.3 Å². The van der Waals surface area contributed by atoms with Gasteiger partial charge >= 0.3 is 6.03 Å². The molecule has 1 rings (SSSR count). The third-order valence-corrected chi connectivity index (χ3v) is 1.43. The number of anilines is 1. The van der Waals surface area contributed by atoms with Crippen molar-refractivity contribution >= 4 is 17.9 Å². The second-order valence-corrected chi connectivity index (χ2v) is 2.56. The van der Waals surface area contributed by atoms with Crippen molar-refractivity contribution in [2.75, 3.05) is 5.32 Å². The number of nitrogens with zero attached hydrogens (tertiary/aromatic N) is 1. The van der Waals surface area contributed by atoms with Crippen LogP contribution in [0, 0.1) is 0 Å². The standard InChI is InChI=1S/C10H12N3O/c1-2-8-11-13-10(14)12-9-6-4-3-5-7-9/h3-7H,2H2,1H3,(H2,12,13,14). The summed E-state index contributed by atoms with van der Waals surface area (Å²) < 4.78 is 0. The van der Waals surface area contributed by atoms with Gasteiger partial charge in [0.1, 0.15) is 0 Å². The van der Waals surface area contributed by atoms with Gasteiger partial charge in [0.05, 0.1) is 6.21 Å². The Hall–Kier alpha value is -1.84. The largest absolute Gasteiger partial charge is 0.339 e. The molecule has 0 bridgehead atoms. The number of urea groups is 1. The highest BCUT2D eigenvalue weighted by Crippen LogP contribution is 2.03. The maximum absolute atomic E-state index is 11.1. The van der Waals surface area contributed by atoms with Gasteiger partial charge in [0.2, 0.25) is 0 Å². The molecule has 0 saturated heterocycles. The Morgan fingerprint density at radius 1 is 1.43 bits per heavy atom. The number of carbonyl (C=O) groups excluding carboxylic acids is 1. The van der Waals surface area contributed by atoms with Gasteiger partial charge in [-0.3, -0.25) is 0 Å². The van der Waals surface area contributed by atoms with Crippen molar-refractivity contribution < 1.29 is 4.79 Å². The second-order valence-electron chi connectivity index (χ2n) is 2.56. The normalized spacial score (nSPS) is 10.1. The summed E-state index contributed by atoms with van der Waals surface area (Å²) in [6.45, 7) is 1.89. The monoisotopic (exact) mass is 190 g/mol. The van der Waals surface area contributed by atoms with Gasteiger partial charge in [-0.1, -0.05) is 25.1 Å². The van der Waals surface area contributed by atoms with Crippen molar-refractivity contribution in [1.29, 1.82) is 0 Å². The van der Waals surface area contributed by atoms with Crippen molar-refractivity contribution in [3.63, 3.8) is 0 Å². The average molecular weight is 190 g/mol. The molecule has 4 nitrogen and oxygen atoms in total. The summed E-state index contributed by atoms with van der Waals surface area (Å²) in [6, 6.07) is 8.80. The van der Waals surface area contributed by atoms with Crippen molar-refractivity contribution in [2.45, 2.75) is 13.3 Å². The first kappa shape index (κ1) is 10.2. The summed E-state index contributed by atoms with van der Waals surface area (Å²) in [5, 5.41) is 6.19. The SMILES string of the molecule is CC/[C]=N\NC(=O)Nc1ccccc1. The fourth-order valence-corrected chi connectivity index (χ4v) is 0.850. The van der Waals surface area contributed by atoms with Gasteiger partial charge < -0.3 is 5.32 Å². The van der Waals surface area contributed by atoms with Crippen LogP contribution in [0.4, 0.5) is 10.5 Å². The van der Waals surface area contributed by atoms with E-state index in [2.05, 4.69) is 22.1 Å². The summed E-state index contributed by atoms with van der Waals surface area (Å²) in [6.07, 6.45) is 3.29. The molecule has 73 valence electrons. The quantitative estimate of drug-likeness (QED) is 0.556. The Labute approximate surface area is 83.0 Å². The van der Waals surface area contributed by atoms with Crippen LogP contribution in [-0.2, 0) is 0 Å². The number of nitrogens with one attached hydrogen (secondary N) is 2. The number of carbonyl (C=O) groups is 1. The van der Waals surface area contributed by atoms with Gasteiger partial charge in [0.25, 0.3) is 0 Å². The van der Waals surface area contributed by atoms with Crippen LogP contribution in [0.25, 0.3) is 0 Å². The number of hydrogen-bond acceptors (Lipinski definition) is 2. The summed E-state index contributed by atoms with van der Waals surface area (Å²) in [5.41, 5.74) is 3.03. The molecule has 0 aliphatic heterocycles. The van der Waals surface area contributed by atoms with Gasteiger partial charge in [-0.25, -0.2) is 10.2 Å².